The Balaban J connectivity index is 1.47. The summed E-state index contributed by atoms with van der Waals surface area (Å²) in [5, 5.41) is 11.2. The van der Waals surface area contributed by atoms with Gasteiger partial charge >= 0.3 is 0 Å². The number of furan rings is 1. The molecule has 0 unspecified atom stereocenters. The molecule has 28 heavy (non-hydrogen) atoms. The molecule has 1 fully saturated rings. The van der Waals surface area contributed by atoms with E-state index in [1.165, 1.54) is 43.1 Å². The highest BCUT2D eigenvalue weighted by Crippen LogP contribution is 2.36. The molecule has 3 aromatic heterocycles. The highest BCUT2D eigenvalue weighted by Gasteiger charge is 2.25. The molecule has 0 bridgehead atoms. The predicted octanol–water partition coefficient (Wildman–Crippen LogP) is 5.88. The zero-order chi connectivity index (χ0) is 18.8. The van der Waals surface area contributed by atoms with Gasteiger partial charge in [0, 0.05) is 23.4 Å². The fourth-order valence-corrected chi connectivity index (χ4v) is 5.03. The Hall–Kier alpha value is -2.60. The fourth-order valence-electron chi connectivity index (χ4n) is 4.04. The van der Waals surface area contributed by atoms with Crippen molar-refractivity contribution in [3.05, 3.63) is 60.5 Å². The van der Waals surface area contributed by atoms with Crippen LogP contribution in [0.4, 0.5) is 0 Å². The largest absolute Gasteiger partial charge is 0.461 e. The molecule has 1 saturated carbocycles. The first-order valence-electron chi connectivity index (χ1n) is 9.84. The second-order valence-corrected chi connectivity index (χ2v) is 8.17. The third-order valence-corrected chi connectivity index (χ3v) is 6.41. The van der Waals surface area contributed by atoms with Crippen molar-refractivity contribution in [3.8, 4) is 11.6 Å². The normalized spacial score (nSPS) is 15.3. The molecule has 0 radical (unpaired) electrons. The van der Waals surface area contributed by atoms with Gasteiger partial charge in [-0.3, -0.25) is 9.55 Å². The van der Waals surface area contributed by atoms with Crippen molar-refractivity contribution < 1.29 is 4.42 Å². The predicted molar refractivity (Wildman–Crippen MR) is 111 cm³/mol. The van der Waals surface area contributed by atoms with Crippen molar-refractivity contribution in [2.24, 2.45) is 0 Å². The molecule has 142 valence electrons. The molecule has 5 rings (SSSR count). The monoisotopic (exact) mass is 390 g/mol. The first kappa shape index (κ1) is 17.5. The van der Waals surface area contributed by atoms with Crippen LogP contribution in [0.15, 0.2) is 64.5 Å². The number of para-hydroxylation sites is 1. The smallest absolute Gasteiger partial charge is 0.200 e. The first-order chi connectivity index (χ1) is 13.9. The van der Waals surface area contributed by atoms with Gasteiger partial charge in [0.2, 0.25) is 5.82 Å². The Labute approximate surface area is 168 Å². The molecule has 0 N–H and O–H groups in total. The maximum atomic E-state index is 5.64. The molecule has 0 saturated heterocycles. The molecule has 1 aromatic carbocycles. The molecule has 4 aromatic rings. The SMILES string of the molecule is c1coc(-c2nnc(SCc3cccc4cccnc34)n2C2CCCCC2)c1. The van der Waals surface area contributed by atoms with Gasteiger partial charge in [-0.05, 0) is 36.6 Å². The van der Waals surface area contributed by atoms with Crippen molar-refractivity contribution >= 4 is 22.7 Å². The van der Waals surface area contributed by atoms with Crippen LogP contribution in [0.25, 0.3) is 22.5 Å². The van der Waals surface area contributed by atoms with E-state index < -0.39 is 0 Å². The molecule has 1 aliphatic carbocycles. The van der Waals surface area contributed by atoms with E-state index in [1.54, 1.807) is 18.0 Å². The van der Waals surface area contributed by atoms with E-state index >= 15 is 0 Å². The maximum Gasteiger partial charge on any atom is 0.200 e. The van der Waals surface area contributed by atoms with E-state index in [9.17, 15) is 0 Å². The average molecular weight is 391 g/mol. The van der Waals surface area contributed by atoms with Gasteiger partial charge in [0.1, 0.15) is 0 Å². The van der Waals surface area contributed by atoms with E-state index in [2.05, 4.69) is 44.0 Å². The van der Waals surface area contributed by atoms with Crippen LogP contribution in [0.5, 0.6) is 0 Å². The van der Waals surface area contributed by atoms with Crippen LogP contribution in [0.1, 0.15) is 43.7 Å². The second-order valence-electron chi connectivity index (χ2n) is 7.23. The number of fused-ring (bicyclic) bond motifs is 1. The third kappa shape index (κ3) is 3.33. The topological polar surface area (TPSA) is 56.7 Å². The van der Waals surface area contributed by atoms with Gasteiger partial charge in [0.25, 0.3) is 0 Å². The van der Waals surface area contributed by atoms with Crippen LogP contribution >= 0.6 is 11.8 Å². The summed E-state index contributed by atoms with van der Waals surface area (Å²) in [5.41, 5.74) is 2.29. The summed E-state index contributed by atoms with van der Waals surface area (Å²) in [6.07, 6.45) is 9.75. The lowest BCUT2D eigenvalue weighted by Gasteiger charge is -2.25. The molecule has 5 nitrogen and oxygen atoms in total. The molecule has 0 aliphatic heterocycles. The Morgan fingerprint density at radius 2 is 1.89 bits per heavy atom. The van der Waals surface area contributed by atoms with Crippen molar-refractivity contribution in [2.45, 2.75) is 49.1 Å². The number of rotatable bonds is 5. The van der Waals surface area contributed by atoms with Crippen LogP contribution in [-0.2, 0) is 5.75 Å². The van der Waals surface area contributed by atoms with Gasteiger partial charge in [-0.15, -0.1) is 10.2 Å². The first-order valence-corrected chi connectivity index (χ1v) is 10.8. The van der Waals surface area contributed by atoms with Crippen molar-refractivity contribution in [1.82, 2.24) is 19.7 Å². The summed E-state index contributed by atoms with van der Waals surface area (Å²) in [7, 11) is 0. The van der Waals surface area contributed by atoms with Gasteiger partial charge in [0.15, 0.2) is 10.9 Å². The van der Waals surface area contributed by atoms with Gasteiger partial charge < -0.3 is 4.42 Å². The average Bonchev–Trinajstić information content (AvgIpc) is 3.42. The minimum absolute atomic E-state index is 0.442. The van der Waals surface area contributed by atoms with E-state index in [0.717, 1.165) is 28.0 Å². The number of hydrogen-bond donors (Lipinski definition) is 0. The number of aromatic nitrogens is 4. The summed E-state index contributed by atoms with van der Waals surface area (Å²) in [5.74, 6) is 2.45. The van der Waals surface area contributed by atoms with Crippen LogP contribution < -0.4 is 0 Å². The molecule has 3 heterocycles. The summed E-state index contributed by atoms with van der Waals surface area (Å²) < 4.78 is 7.95. The fraction of sp³-hybridized carbons (Fsp3) is 0.318. The molecular weight excluding hydrogens is 368 g/mol. The third-order valence-electron chi connectivity index (χ3n) is 5.42. The number of pyridine rings is 1. The zero-order valence-corrected chi connectivity index (χ0v) is 16.4. The van der Waals surface area contributed by atoms with Crippen LogP contribution in [0.3, 0.4) is 0 Å². The van der Waals surface area contributed by atoms with Gasteiger partial charge in [-0.25, -0.2) is 0 Å². The lowest BCUT2D eigenvalue weighted by Crippen LogP contribution is -2.15. The Bertz CT molecular complexity index is 1060. The summed E-state index contributed by atoms with van der Waals surface area (Å²) in [6, 6.07) is 14.8. The van der Waals surface area contributed by atoms with E-state index in [4.69, 9.17) is 4.42 Å². The molecular formula is C22H22N4OS. The van der Waals surface area contributed by atoms with Gasteiger partial charge in [-0.2, -0.15) is 0 Å². The summed E-state index contributed by atoms with van der Waals surface area (Å²) >= 11 is 1.73. The van der Waals surface area contributed by atoms with Crippen LogP contribution in [0, 0.1) is 0 Å². The number of thioether (sulfide) groups is 1. The standard InChI is InChI=1S/C22H22N4OS/c1-2-10-18(11-3-1)26-21(19-12-6-14-27-19)24-25-22(26)28-15-17-8-4-7-16-9-5-13-23-20(16)17/h4-9,12-14,18H,1-3,10-11,15H2. The van der Waals surface area contributed by atoms with Crippen molar-refractivity contribution in [2.75, 3.05) is 0 Å². The summed E-state index contributed by atoms with van der Waals surface area (Å²) in [6.45, 7) is 0. The minimum Gasteiger partial charge on any atom is -0.461 e. The second kappa shape index (κ2) is 7.80. The van der Waals surface area contributed by atoms with E-state index in [1.807, 2.05) is 24.4 Å². The van der Waals surface area contributed by atoms with Gasteiger partial charge in [0.05, 0.1) is 11.8 Å². The maximum absolute atomic E-state index is 5.64. The van der Waals surface area contributed by atoms with Gasteiger partial charge in [-0.1, -0.05) is 55.3 Å². The molecule has 6 heteroatoms. The van der Waals surface area contributed by atoms with Crippen LogP contribution in [0.2, 0.25) is 0 Å². The van der Waals surface area contributed by atoms with E-state index in [-0.39, 0.29) is 0 Å². The molecule has 0 amide bonds. The number of benzene rings is 1. The van der Waals surface area contributed by atoms with Crippen LogP contribution in [-0.4, -0.2) is 19.7 Å². The van der Waals surface area contributed by atoms with Crippen molar-refractivity contribution in [3.63, 3.8) is 0 Å². The summed E-state index contributed by atoms with van der Waals surface area (Å²) in [4.78, 5) is 4.58. The highest BCUT2D eigenvalue weighted by molar-refractivity contribution is 7.98. The lowest BCUT2D eigenvalue weighted by molar-refractivity contribution is 0.337. The Kier molecular flexibility index (Phi) is 4.87. The zero-order valence-electron chi connectivity index (χ0n) is 15.6. The quantitative estimate of drug-likeness (QED) is 0.398. The number of nitrogens with zero attached hydrogens (tertiary/aromatic N) is 4. The van der Waals surface area contributed by atoms with Crippen molar-refractivity contribution in [1.29, 1.82) is 0 Å². The number of hydrogen-bond acceptors (Lipinski definition) is 5. The molecule has 1 aliphatic rings. The highest BCUT2D eigenvalue weighted by atomic mass is 32.2. The minimum atomic E-state index is 0.442. The molecule has 0 spiro atoms. The Morgan fingerprint density at radius 3 is 2.75 bits per heavy atom. The van der Waals surface area contributed by atoms with E-state index in [0.29, 0.717) is 6.04 Å². The lowest BCUT2D eigenvalue weighted by atomic mass is 9.95. The Morgan fingerprint density at radius 1 is 1.00 bits per heavy atom. The molecule has 0 atom stereocenters.